The molecule has 0 unspecified atom stereocenters. The Hall–Kier alpha value is -4.34. The van der Waals surface area contributed by atoms with Gasteiger partial charge in [-0.25, -0.2) is 9.67 Å². The summed E-state index contributed by atoms with van der Waals surface area (Å²) >= 11 is 0. The summed E-state index contributed by atoms with van der Waals surface area (Å²) in [6.07, 6.45) is 6.11. The number of hydrogen-bond donors (Lipinski definition) is 1. The van der Waals surface area contributed by atoms with Crippen LogP contribution < -0.4 is 10.9 Å². The van der Waals surface area contributed by atoms with Crippen molar-refractivity contribution in [2.24, 2.45) is 0 Å². The molecule has 1 saturated heterocycles. The number of ether oxygens (including phenoxy) is 1. The number of benzene rings is 2. The molecule has 4 aromatic rings. The first-order valence-electron chi connectivity index (χ1n) is 13.8. The molecule has 2 aromatic heterocycles. The lowest BCUT2D eigenvalue weighted by Crippen LogP contribution is -2.35. The Kier molecular flexibility index (Phi) is 6.37. The van der Waals surface area contributed by atoms with Crippen LogP contribution in [0.5, 0.6) is 0 Å². The third kappa shape index (κ3) is 4.89. The number of amides is 1. The van der Waals surface area contributed by atoms with Gasteiger partial charge >= 0.3 is 0 Å². The minimum atomic E-state index is -0.246. The van der Waals surface area contributed by atoms with E-state index in [0.717, 1.165) is 79.1 Å². The molecule has 7 rings (SSSR count). The molecule has 2 aromatic carbocycles. The summed E-state index contributed by atoms with van der Waals surface area (Å²) in [6.45, 7) is 5.04. The summed E-state index contributed by atoms with van der Waals surface area (Å²) in [5, 5.41) is 7.77. The van der Waals surface area contributed by atoms with Crippen molar-refractivity contribution < 1.29 is 9.53 Å². The minimum Gasteiger partial charge on any atom is -0.379 e. The number of carbonyl (C=O) groups excluding carboxylic acids is 1. The number of anilines is 1. The standard InChI is InChI=1S/C31H30N6O3/c38-29-10-8-26-24-5-1-3-21(15-24)19-36-28-9-7-23(18-35-11-13-40-14-12-35)17-27(28)32-31(36)33-30(39)25-6-2-4-22(16-25)20-37(29)34-26/h2-4,6-10,15-17H,1,5,11-14,18-20H2,(H,32,33,39). The van der Waals surface area contributed by atoms with Gasteiger partial charge in [-0.3, -0.25) is 19.8 Å². The molecule has 1 N–H and O–H groups in total. The zero-order valence-corrected chi connectivity index (χ0v) is 22.2. The van der Waals surface area contributed by atoms with Crippen molar-refractivity contribution in [2.75, 3.05) is 31.6 Å². The van der Waals surface area contributed by atoms with E-state index in [1.165, 1.54) is 10.2 Å². The van der Waals surface area contributed by atoms with Crippen LogP contribution in [0, 0.1) is 0 Å². The van der Waals surface area contributed by atoms with Crippen LogP contribution in [0.2, 0.25) is 0 Å². The summed E-state index contributed by atoms with van der Waals surface area (Å²) in [5.74, 6) is 0.268. The van der Waals surface area contributed by atoms with Crippen molar-refractivity contribution in [3.8, 4) is 0 Å². The van der Waals surface area contributed by atoms with Crippen molar-refractivity contribution in [1.29, 1.82) is 0 Å². The molecule has 0 atom stereocenters. The Bertz CT molecular complexity index is 1740. The number of fused-ring (bicyclic) bond motifs is 9. The molecule has 0 spiro atoms. The molecule has 9 nitrogen and oxygen atoms in total. The topological polar surface area (TPSA) is 94.3 Å². The fraction of sp³-hybridized carbons (Fsp3) is 0.290. The Balaban J connectivity index is 1.32. The van der Waals surface area contributed by atoms with Crippen LogP contribution in [0.1, 0.15) is 40.0 Å². The smallest absolute Gasteiger partial charge is 0.267 e. The van der Waals surface area contributed by atoms with E-state index in [2.05, 4.69) is 45.1 Å². The van der Waals surface area contributed by atoms with Gasteiger partial charge in [0.15, 0.2) is 0 Å². The van der Waals surface area contributed by atoms with Crippen molar-refractivity contribution >= 4 is 28.5 Å². The fourth-order valence-corrected chi connectivity index (χ4v) is 5.70. The van der Waals surface area contributed by atoms with Gasteiger partial charge in [-0.2, -0.15) is 5.10 Å². The van der Waals surface area contributed by atoms with Crippen LogP contribution in [0.15, 0.2) is 77.1 Å². The normalized spacial score (nSPS) is 17.8. The van der Waals surface area contributed by atoms with E-state index in [1.54, 1.807) is 18.2 Å². The number of rotatable bonds is 2. The number of carbonyl (C=O) groups is 1. The molecule has 3 aliphatic rings. The maximum Gasteiger partial charge on any atom is 0.267 e. The lowest BCUT2D eigenvalue weighted by Gasteiger charge is -2.26. The van der Waals surface area contributed by atoms with E-state index in [-0.39, 0.29) is 18.0 Å². The van der Waals surface area contributed by atoms with Crippen LogP contribution in [-0.2, 0) is 24.4 Å². The van der Waals surface area contributed by atoms with Gasteiger partial charge in [0.25, 0.3) is 11.5 Å². The third-order valence-corrected chi connectivity index (χ3v) is 7.79. The van der Waals surface area contributed by atoms with Crippen LogP contribution in [0.25, 0.3) is 16.6 Å². The van der Waals surface area contributed by atoms with Crippen molar-refractivity contribution in [3.05, 3.63) is 105 Å². The number of allylic oxidation sites excluding steroid dienone is 4. The predicted molar refractivity (Wildman–Crippen MR) is 153 cm³/mol. The molecular weight excluding hydrogens is 504 g/mol. The highest BCUT2D eigenvalue weighted by molar-refractivity contribution is 6.04. The highest BCUT2D eigenvalue weighted by Gasteiger charge is 2.19. The van der Waals surface area contributed by atoms with Gasteiger partial charge in [-0.05, 0) is 65.4 Å². The van der Waals surface area contributed by atoms with E-state index in [9.17, 15) is 9.59 Å². The van der Waals surface area contributed by atoms with Crippen molar-refractivity contribution in [1.82, 2.24) is 24.2 Å². The molecule has 1 amide bonds. The van der Waals surface area contributed by atoms with Crippen molar-refractivity contribution in [2.45, 2.75) is 32.5 Å². The van der Waals surface area contributed by atoms with E-state index in [1.807, 2.05) is 18.2 Å². The molecule has 0 radical (unpaired) electrons. The van der Waals surface area contributed by atoms with Crippen LogP contribution in [0.4, 0.5) is 5.95 Å². The highest BCUT2D eigenvalue weighted by Crippen LogP contribution is 2.29. The average molecular weight is 535 g/mol. The summed E-state index contributed by atoms with van der Waals surface area (Å²) in [5.41, 5.74) is 7.17. The zero-order chi connectivity index (χ0) is 27.1. The second-order valence-corrected chi connectivity index (χ2v) is 10.6. The SMILES string of the molecule is O=C1Nc2nc3cc(CN4CCOCC4)ccc3n2CC2=CCCC(=C2)c2ccc(=O)n(n2)Cc2cccc1c2. The fourth-order valence-electron chi connectivity index (χ4n) is 5.70. The van der Waals surface area contributed by atoms with Gasteiger partial charge in [0.05, 0.1) is 43.0 Å². The number of aromatic nitrogens is 4. The average Bonchev–Trinajstić information content (AvgIpc) is 3.30. The highest BCUT2D eigenvalue weighted by atomic mass is 16.5. The number of morpholine rings is 1. The van der Waals surface area contributed by atoms with E-state index < -0.39 is 0 Å². The van der Waals surface area contributed by atoms with Gasteiger partial charge in [-0.15, -0.1) is 0 Å². The Morgan fingerprint density at radius 1 is 0.975 bits per heavy atom. The molecule has 4 heterocycles. The summed E-state index contributed by atoms with van der Waals surface area (Å²) in [7, 11) is 0. The molecule has 202 valence electrons. The van der Waals surface area contributed by atoms with Gasteiger partial charge in [0.1, 0.15) is 0 Å². The molecular formula is C31H30N6O3. The second-order valence-electron chi connectivity index (χ2n) is 10.6. The van der Waals surface area contributed by atoms with Crippen LogP contribution >= 0.6 is 0 Å². The summed E-state index contributed by atoms with van der Waals surface area (Å²) in [4.78, 5) is 33.4. The number of nitrogens with zero attached hydrogens (tertiary/aromatic N) is 5. The molecule has 6 bridgehead atoms. The zero-order valence-electron chi connectivity index (χ0n) is 22.2. The molecule has 2 aliphatic heterocycles. The molecule has 1 fully saturated rings. The third-order valence-electron chi connectivity index (χ3n) is 7.79. The van der Waals surface area contributed by atoms with Gasteiger partial charge in [0.2, 0.25) is 5.95 Å². The number of hydrogen-bond acceptors (Lipinski definition) is 6. The molecule has 9 heteroatoms. The summed E-state index contributed by atoms with van der Waals surface area (Å²) in [6, 6.07) is 17.1. The van der Waals surface area contributed by atoms with Gasteiger partial charge in [0, 0.05) is 31.3 Å². The maximum absolute atomic E-state index is 13.4. The maximum atomic E-state index is 13.4. The first-order chi connectivity index (χ1) is 19.6. The predicted octanol–water partition coefficient (Wildman–Crippen LogP) is 3.84. The van der Waals surface area contributed by atoms with Crippen LogP contribution in [0.3, 0.4) is 0 Å². The molecule has 40 heavy (non-hydrogen) atoms. The van der Waals surface area contributed by atoms with E-state index in [0.29, 0.717) is 18.1 Å². The quantitative estimate of drug-likeness (QED) is 0.420. The lowest BCUT2D eigenvalue weighted by molar-refractivity contribution is 0.0342. The second kappa shape index (κ2) is 10.3. The molecule has 1 aliphatic carbocycles. The largest absolute Gasteiger partial charge is 0.379 e. The Morgan fingerprint density at radius 2 is 1.88 bits per heavy atom. The van der Waals surface area contributed by atoms with Crippen LogP contribution in [-0.4, -0.2) is 56.4 Å². The Morgan fingerprint density at radius 3 is 2.77 bits per heavy atom. The lowest BCUT2D eigenvalue weighted by atomic mass is 9.96. The first-order valence-corrected chi connectivity index (χ1v) is 13.8. The number of imidazole rings is 1. The van der Waals surface area contributed by atoms with Gasteiger partial charge in [-0.1, -0.05) is 30.4 Å². The monoisotopic (exact) mass is 534 g/mol. The summed E-state index contributed by atoms with van der Waals surface area (Å²) < 4.78 is 9.05. The number of nitrogens with one attached hydrogen (secondary N) is 1. The minimum absolute atomic E-state index is 0.172. The van der Waals surface area contributed by atoms with Crippen molar-refractivity contribution in [3.63, 3.8) is 0 Å². The molecule has 0 saturated carbocycles. The Labute approximate surface area is 231 Å². The first kappa shape index (κ1) is 24.7. The van der Waals surface area contributed by atoms with E-state index in [4.69, 9.17) is 14.8 Å². The van der Waals surface area contributed by atoms with Gasteiger partial charge < -0.3 is 9.30 Å². The van der Waals surface area contributed by atoms with E-state index >= 15 is 0 Å².